The molecule has 0 unspecified atom stereocenters. The van der Waals surface area contributed by atoms with E-state index in [9.17, 15) is 4.39 Å². The first-order valence-corrected chi connectivity index (χ1v) is 15.6. The molecule has 2 nitrogen and oxygen atoms in total. The Balaban J connectivity index is 1.49. The zero-order valence-corrected chi connectivity index (χ0v) is 24.9. The molecule has 0 saturated heterocycles. The molecule has 0 heterocycles. The average molecular weight is 569 g/mol. The third-order valence-corrected chi connectivity index (χ3v) is 7.48. The molecule has 0 saturated carbocycles. The Labute approximate surface area is 245 Å². The van der Waals surface area contributed by atoms with Gasteiger partial charge in [-0.05, 0) is 48.2 Å². The Morgan fingerprint density at radius 3 is 1.49 bits per heavy atom. The predicted octanol–water partition coefficient (Wildman–Crippen LogP) is 11.5. The molecule has 0 spiro atoms. The third kappa shape index (κ3) is 11.1. The zero-order valence-electron chi connectivity index (χ0n) is 24.9. The fraction of sp³-hybridized carbons (Fsp3) is 0.500. The van der Waals surface area contributed by atoms with Crippen molar-refractivity contribution in [2.45, 2.75) is 103 Å². The van der Waals surface area contributed by atoms with Crippen molar-refractivity contribution < 1.29 is 22.6 Å². The summed E-state index contributed by atoms with van der Waals surface area (Å²) < 4.78 is 55.7. The van der Waals surface area contributed by atoms with Crippen LogP contribution in [0, 0.1) is 11.6 Å². The van der Waals surface area contributed by atoms with Crippen molar-refractivity contribution in [2.24, 2.45) is 0 Å². The van der Waals surface area contributed by atoms with Crippen LogP contribution in [0.5, 0.6) is 11.5 Å². The summed E-state index contributed by atoms with van der Waals surface area (Å²) in [7, 11) is 0. The summed E-state index contributed by atoms with van der Waals surface area (Å²) >= 11 is 0. The van der Waals surface area contributed by atoms with Gasteiger partial charge in [-0.2, -0.15) is 0 Å². The summed E-state index contributed by atoms with van der Waals surface area (Å²) in [6, 6.07) is 17.0. The largest absolute Gasteiger partial charge is 0.494 e. The molecule has 0 fully saturated rings. The lowest BCUT2D eigenvalue weighted by Crippen LogP contribution is -2.12. The Bertz CT molecular complexity index is 1130. The van der Waals surface area contributed by atoms with Crippen LogP contribution in [0.1, 0.15) is 97.3 Å². The van der Waals surface area contributed by atoms with Crippen LogP contribution in [-0.2, 0) is 0 Å². The van der Waals surface area contributed by atoms with Crippen molar-refractivity contribution >= 4 is 0 Å². The molecule has 0 radical (unpaired) electrons. The van der Waals surface area contributed by atoms with Gasteiger partial charge in [0, 0.05) is 11.1 Å². The van der Waals surface area contributed by atoms with Crippen molar-refractivity contribution in [1.29, 1.82) is 0 Å². The van der Waals surface area contributed by atoms with Crippen LogP contribution in [0.3, 0.4) is 0 Å². The molecular formula is C36H47F3O2. The van der Waals surface area contributed by atoms with Gasteiger partial charge >= 0.3 is 0 Å². The summed E-state index contributed by atoms with van der Waals surface area (Å²) in [5.41, 5.74) is 1.49. The van der Waals surface area contributed by atoms with Gasteiger partial charge in [-0.25, -0.2) is 13.2 Å². The maximum absolute atomic E-state index is 15.1. The van der Waals surface area contributed by atoms with Gasteiger partial charge in [-0.3, -0.25) is 0 Å². The number of rotatable bonds is 20. The molecule has 3 aromatic carbocycles. The van der Waals surface area contributed by atoms with Crippen LogP contribution >= 0.6 is 0 Å². The fourth-order valence-corrected chi connectivity index (χ4v) is 4.95. The Morgan fingerprint density at radius 2 is 0.976 bits per heavy atom. The van der Waals surface area contributed by atoms with Crippen LogP contribution in [0.15, 0.2) is 60.7 Å². The van der Waals surface area contributed by atoms with Gasteiger partial charge in [0.05, 0.1) is 6.61 Å². The minimum atomic E-state index is -1.01. The molecule has 3 aromatic rings. The van der Waals surface area contributed by atoms with E-state index in [1.54, 1.807) is 60.7 Å². The van der Waals surface area contributed by atoms with Crippen LogP contribution in [-0.4, -0.2) is 19.4 Å². The Morgan fingerprint density at radius 1 is 0.537 bits per heavy atom. The van der Waals surface area contributed by atoms with Crippen LogP contribution in [0.2, 0.25) is 0 Å². The molecule has 1 atom stereocenters. The number of unbranched alkanes of at least 4 members (excludes halogenated alkanes) is 10. The van der Waals surface area contributed by atoms with Gasteiger partial charge in [0.1, 0.15) is 24.3 Å². The second kappa shape index (κ2) is 18.5. The normalized spacial score (nSPS) is 11.9. The second-order valence-electron chi connectivity index (χ2n) is 10.9. The number of ether oxygens (including phenoxy) is 2. The van der Waals surface area contributed by atoms with Gasteiger partial charge in [-0.1, -0.05) is 121 Å². The molecule has 0 aliphatic rings. The first kappa shape index (κ1) is 32.6. The number of benzene rings is 3. The number of halogens is 3. The van der Waals surface area contributed by atoms with Crippen LogP contribution < -0.4 is 9.47 Å². The highest BCUT2D eigenvalue weighted by atomic mass is 19.2. The van der Waals surface area contributed by atoms with E-state index in [1.807, 2.05) is 0 Å². The highest BCUT2D eigenvalue weighted by Crippen LogP contribution is 2.33. The van der Waals surface area contributed by atoms with Crippen LogP contribution in [0.25, 0.3) is 22.3 Å². The van der Waals surface area contributed by atoms with Crippen molar-refractivity contribution in [3.05, 3.63) is 72.3 Å². The lowest BCUT2D eigenvalue weighted by molar-refractivity contribution is 0.184. The quantitative estimate of drug-likeness (QED) is 0.126. The SMILES string of the molecule is CCCCCCCCCCOc1ccc(-c2ccc(-c3ccc(OC[C@@H](F)CCCCCC)cc3)c(F)c2F)cc1. The summed E-state index contributed by atoms with van der Waals surface area (Å²) in [6.45, 7) is 5.01. The first-order valence-electron chi connectivity index (χ1n) is 15.6. The van der Waals surface area contributed by atoms with E-state index in [1.165, 1.54) is 38.5 Å². The topological polar surface area (TPSA) is 18.5 Å². The minimum absolute atomic E-state index is 0.00776. The summed E-state index contributed by atoms with van der Waals surface area (Å²) in [5.74, 6) is -0.555. The summed E-state index contributed by atoms with van der Waals surface area (Å²) in [6.07, 6.45) is 13.6. The average Bonchev–Trinajstić information content (AvgIpc) is 2.99. The van der Waals surface area contributed by atoms with Crippen molar-refractivity contribution in [3.63, 3.8) is 0 Å². The molecular weight excluding hydrogens is 521 g/mol. The monoisotopic (exact) mass is 568 g/mol. The highest BCUT2D eigenvalue weighted by molar-refractivity contribution is 5.72. The summed E-state index contributed by atoms with van der Waals surface area (Å²) in [5, 5.41) is 0. The number of alkyl halides is 1. The highest BCUT2D eigenvalue weighted by Gasteiger charge is 2.16. The van der Waals surface area contributed by atoms with E-state index in [-0.39, 0.29) is 17.7 Å². The molecule has 0 aliphatic carbocycles. The van der Waals surface area contributed by atoms with E-state index >= 15 is 8.78 Å². The minimum Gasteiger partial charge on any atom is -0.494 e. The first-order chi connectivity index (χ1) is 20.0. The van der Waals surface area contributed by atoms with E-state index in [4.69, 9.17) is 9.47 Å². The second-order valence-corrected chi connectivity index (χ2v) is 10.9. The molecule has 0 amide bonds. The number of hydrogen-bond donors (Lipinski definition) is 0. The van der Waals surface area contributed by atoms with E-state index < -0.39 is 17.8 Å². The van der Waals surface area contributed by atoms with E-state index in [0.717, 1.165) is 44.3 Å². The van der Waals surface area contributed by atoms with Crippen molar-refractivity contribution in [3.8, 4) is 33.8 Å². The molecule has 0 bridgehead atoms. The lowest BCUT2D eigenvalue weighted by Gasteiger charge is -2.12. The Hall–Kier alpha value is -2.95. The smallest absolute Gasteiger partial charge is 0.167 e. The molecule has 41 heavy (non-hydrogen) atoms. The standard InChI is InChI=1S/C36H47F3O2/c1-3-5-7-9-10-11-12-14-26-40-31-20-16-28(17-21-31)33-24-25-34(36(39)35(33)38)29-18-22-32(23-19-29)41-27-30(37)15-13-8-6-4-2/h16-25,30H,3-15,26-27H2,1-2H3/t30-/m0/s1. The van der Waals surface area contributed by atoms with Gasteiger partial charge in [0.15, 0.2) is 11.6 Å². The zero-order chi connectivity index (χ0) is 29.3. The number of hydrogen-bond acceptors (Lipinski definition) is 2. The lowest BCUT2D eigenvalue weighted by atomic mass is 9.98. The molecule has 0 aliphatic heterocycles. The third-order valence-electron chi connectivity index (χ3n) is 7.48. The maximum atomic E-state index is 15.1. The molecule has 224 valence electrons. The fourth-order valence-electron chi connectivity index (χ4n) is 4.95. The van der Waals surface area contributed by atoms with Gasteiger partial charge in [-0.15, -0.1) is 0 Å². The maximum Gasteiger partial charge on any atom is 0.167 e. The van der Waals surface area contributed by atoms with E-state index in [0.29, 0.717) is 29.9 Å². The molecule has 3 rings (SSSR count). The summed E-state index contributed by atoms with van der Waals surface area (Å²) in [4.78, 5) is 0. The predicted molar refractivity (Wildman–Crippen MR) is 164 cm³/mol. The molecule has 0 aromatic heterocycles. The molecule has 5 heteroatoms. The van der Waals surface area contributed by atoms with Gasteiger partial charge < -0.3 is 9.47 Å². The van der Waals surface area contributed by atoms with Crippen molar-refractivity contribution in [2.75, 3.05) is 13.2 Å². The van der Waals surface area contributed by atoms with Gasteiger partial charge in [0.25, 0.3) is 0 Å². The van der Waals surface area contributed by atoms with E-state index in [2.05, 4.69) is 13.8 Å². The van der Waals surface area contributed by atoms with Gasteiger partial charge in [0.2, 0.25) is 0 Å². The molecule has 0 N–H and O–H groups in total. The van der Waals surface area contributed by atoms with Crippen LogP contribution in [0.4, 0.5) is 13.2 Å². The van der Waals surface area contributed by atoms with Crippen molar-refractivity contribution in [1.82, 2.24) is 0 Å². The Kier molecular flexibility index (Phi) is 14.7.